The Bertz CT molecular complexity index is 1230. The molecule has 36 heavy (non-hydrogen) atoms. The monoisotopic (exact) mass is 508 g/mol. The van der Waals surface area contributed by atoms with Crippen LogP contribution in [0, 0.1) is 19.8 Å². The fourth-order valence-corrected chi connectivity index (χ4v) is 6.16. The van der Waals surface area contributed by atoms with Crippen molar-refractivity contribution in [1.82, 2.24) is 5.32 Å². The van der Waals surface area contributed by atoms with E-state index in [1.165, 1.54) is 0 Å². The molecule has 0 saturated heterocycles. The minimum atomic E-state index is -4.06. The highest BCUT2D eigenvalue weighted by Gasteiger charge is 2.36. The second-order valence-corrected chi connectivity index (χ2v) is 11.7. The van der Waals surface area contributed by atoms with E-state index in [0.717, 1.165) is 22.3 Å². The SMILES string of the molecule is Cc1ccc([C@H](N)P(=O)(O)C[C@@H](Cc2ccccc2)C(=O)N[C@@H](Cc2ccccc2)C(=O)O)c(C)c1. The molecular formula is C28H33N2O5P. The third kappa shape index (κ3) is 7.37. The molecule has 3 aromatic carbocycles. The normalized spacial score (nSPS) is 15.3. The van der Waals surface area contributed by atoms with Crippen molar-refractivity contribution >= 4 is 19.2 Å². The molecule has 0 aliphatic heterocycles. The van der Waals surface area contributed by atoms with Gasteiger partial charge in [-0.1, -0.05) is 84.4 Å². The number of carboxylic acid groups (broad SMARTS) is 1. The lowest BCUT2D eigenvalue weighted by atomic mass is 9.99. The number of hydrogen-bond donors (Lipinski definition) is 4. The smallest absolute Gasteiger partial charge is 0.326 e. The van der Waals surface area contributed by atoms with Crippen LogP contribution in [0.5, 0.6) is 0 Å². The second kappa shape index (κ2) is 12.1. The van der Waals surface area contributed by atoms with Crippen LogP contribution in [0.2, 0.25) is 0 Å². The van der Waals surface area contributed by atoms with E-state index in [0.29, 0.717) is 5.56 Å². The minimum absolute atomic E-state index is 0.0961. The van der Waals surface area contributed by atoms with Gasteiger partial charge in [-0.15, -0.1) is 0 Å². The van der Waals surface area contributed by atoms with E-state index >= 15 is 0 Å². The molecule has 0 spiro atoms. The molecule has 0 fully saturated rings. The third-order valence-electron chi connectivity index (χ3n) is 6.25. The molecule has 3 rings (SSSR count). The largest absolute Gasteiger partial charge is 0.480 e. The summed E-state index contributed by atoms with van der Waals surface area (Å²) in [6, 6.07) is 22.4. The maximum Gasteiger partial charge on any atom is 0.326 e. The lowest BCUT2D eigenvalue weighted by Gasteiger charge is -2.26. The van der Waals surface area contributed by atoms with Crippen LogP contribution in [0.1, 0.15) is 33.6 Å². The lowest BCUT2D eigenvalue weighted by Crippen LogP contribution is -2.46. The van der Waals surface area contributed by atoms with E-state index in [2.05, 4.69) is 5.32 Å². The quantitative estimate of drug-likeness (QED) is 0.287. The predicted molar refractivity (Wildman–Crippen MR) is 141 cm³/mol. The summed E-state index contributed by atoms with van der Waals surface area (Å²) in [5.41, 5.74) is 10.2. The van der Waals surface area contributed by atoms with Crippen LogP contribution in [-0.2, 0) is 27.0 Å². The summed E-state index contributed by atoms with van der Waals surface area (Å²) < 4.78 is 13.5. The first kappa shape index (κ1) is 27.3. The van der Waals surface area contributed by atoms with E-state index in [9.17, 15) is 24.2 Å². The molecule has 8 heteroatoms. The van der Waals surface area contributed by atoms with Crippen LogP contribution in [0.25, 0.3) is 0 Å². The first-order valence-electron chi connectivity index (χ1n) is 11.8. The van der Waals surface area contributed by atoms with Gasteiger partial charge in [-0.2, -0.15) is 0 Å². The van der Waals surface area contributed by atoms with Gasteiger partial charge in [0, 0.05) is 12.6 Å². The number of carbonyl (C=O) groups excluding carboxylic acids is 1. The Labute approximate surface area is 211 Å². The van der Waals surface area contributed by atoms with Gasteiger partial charge in [-0.3, -0.25) is 9.36 Å². The van der Waals surface area contributed by atoms with Crippen molar-refractivity contribution in [3.63, 3.8) is 0 Å². The fraction of sp³-hybridized carbons (Fsp3) is 0.286. The molecule has 1 unspecified atom stereocenters. The molecule has 0 aliphatic rings. The molecule has 7 nitrogen and oxygen atoms in total. The average Bonchev–Trinajstić information content (AvgIpc) is 2.84. The van der Waals surface area contributed by atoms with Crippen LogP contribution in [-0.4, -0.2) is 34.1 Å². The minimum Gasteiger partial charge on any atom is -0.480 e. The number of carbonyl (C=O) groups is 2. The zero-order valence-corrected chi connectivity index (χ0v) is 21.4. The number of nitrogens with two attached hydrogens (primary N) is 1. The number of benzene rings is 3. The molecule has 4 atom stereocenters. The lowest BCUT2D eigenvalue weighted by molar-refractivity contribution is -0.142. The Hall–Kier alpha value is -3.25. The molecule has 190 valence electrons. The summed E-state index contributed by atoms with van der Waals surface area (Å²) in [6.07, 6.45) is -0.104. The number of hydrogen-bond acceptors (Lipinski definition) is 4. The summed E-state index contributed by atoms with van der Waals surface area (Å²) >= 11 is 0. The Morgan fingerprint density at radius 3 is 2.00 bits per heavy atom. The maximum atomic E-state index is 13.5. The Morgan fingerprint density at radius 1 is 0.917 bits per heavy atom. The van der Waals surface area contributed by atoms with Crippen LogP contribution in [0.4, 0.5) is 0 Å². The van der Waals surface area contributed by atoms with Crippen molar-refractivity contribution in [2.45, 2.75) is 38.5 Å². The van der Waals surface area contributed by atoms with Gasteiger partial charge in [0.05, 0.1) is 5.92 Å². The molecule has 0 heterocycles. The van der Waals surface area contributed by atoms with Crippen LogP contribution in [0.3, 0.4) is 0 Å². The van der Waals surface area contributed by atoms with E-state index in [1.54, 1.807) is 30.3 Å². The molecule has 5 N–H and O–H groups in total. The molecule has 0 bridgehead atoms. The first-order valence-corrected chi connectivity index (χ1v) is 13.7. The van der Waals surface area contributed by atoms with Gasteiger partial charge >= 0.3 is 5.97 Å². The van der Waals surface area contributed by atoms with Gasteiger partial charge in [-0.25, -0.2) is 4.79 Å². The van der Waals surface area contributed by atoms with E-state index in [4.69, 9.17) is 5.73 Å². The van der Waals surface area contributed by atoms with Gasteiger partial charge < -0.3 is 21.1 Å². The number of aryl methyl sites for hydroxylation is 2. The third-order valence-corrected chi connectivity index (χ3v) is 8.36. The fourth-order valence-electron chi connectivity index (χ4n) is 4.28. The average molecular weight is 509 g/mol. The number of rotatable bonds is 11. The van der Waals surface area contributed by atoms with Crippen molar-refractivity contribution in [2.75, 3.05) is 6.16 Å². The molecule has 3 aromatic rings. The van der Waals surface area contributed by atoms with Crippen molar-refractivity contribution in [2.24, 2.45) is 11.7 Å². The van der Waals surface area contributed by atoms with Gasteiger partial charge in [0.2, 0.25) is 13.3 Å². The number of nitrogens with one attached hydrogen (secondary N) is 1. The first-order chi connectivity index (χ1) is 17.1. The van der Waals surface area contributed by atoms with Crippen molar-refractivity contribution in [3.8, 4) is 0 Å². The van der Waals surface area contributed by atoms with Gasteiger partial charge in [0.25, 0.3) is 0 Å². The maximum absolute atomic E-state index is 13.5. The van der Waals surface area contributed by atoms with E-state index in [-0.39, 0.29) is 19.0 Å². The van der Waals surface area contributed by atoms with Gasteiger partial charge in [0.15, 0.2) is 0 Å². The highest BCUT2D eigenvalue weighted by Crippen LogP contribution is 2.54. The highest BCUT2D eigenvalue weighted by atomic mass is 31.2. The van der Waals surface area contributed by atoms with E-state index < -0.39 is 37.0 Å². The summed E-state index contributed by atoms with van der Waals surface area (Å²) in [6.45, 7) is 3.76. The summed E-state index contributed by atoms with van der Waals surface area (Å²) in [5.74, 6) is -3.88. The molecule has 0 aliphatic carbocycles. The molecule has 0 radical (unpaired) electrons. The van der Waals surface area contributed by atoms with Crippen molar-refractivity contribution in [3.05, 3.63) is 107 Å². The Kier molecular flexibility index (Phi) is 9.21. The zero-order valence-electron chi connectivity index (χ0n) is 20.5. The summed E-state index contributed by atoms with van der Waals surface area (Å²) in [7, 11) is -4.06. The molecule has 1 amide bonds. The van der Waals surface area contributed by atoms with Crippen LogP contribution >= 0.6 is 7.37 Å². The van der Waals surface area contributed by atoms with Crippen molar-refractivity contribution < 1.29 is 24.2 Å². The number of carboxylic acids is 1. The van der Waals surface area contributed by atoms with Crippen molar-refractivity contribution in [1.29, 1.82) is 0 Å². The Morgan fingerprint density at radius 2 is 1.47 bits per heavy atom. The standard InChI is InChI=1S/C28H33N2O5P/c1-19-13-14-24(20(2)15-19)26(29)36(34,35)18-23(16-21-9-5-3-6-10-21)27(31)30-25(28(32)33)17-22-11-7-4-8-12-22/h3-15,23,25-26H,16-18,29H2,1-2H3,(H,30,31)(H,32,33)(H,34,35)/t23-,25+,26-/m1/s1. The molecular weight excluding hydrogens is 475 g/mol. The van der Waals surface area contributed by atoms with Crippen LogP contribution in [0.15, 0.2) is 78.9 Å². The predicted octanol–water partition coefficient (Wildman–Crippen LogP) is 4.20. The summed E-state index contributed by atoms with van der Waals surface area (Å²) in [4.78, 5) is 36.3. The number of amides is 1. The Balaban J connectivity index is 1.85. The van der Waals surface area contributed by atoms with Gasteiger partial charge in [0.1, 0.15) is 11.8 Å². The van der Waals surface area contributed by atoms with Gasteiger partial charge in [-0.05, 0) is 42.5 Å². The van der Waals surface area contributed by atoms with Crippen LogP contribution < -0.4 is 11.1 Å². The highest BCUT2D eigenvalue weighted by molar-refractivity contribution is 7.58. The summed E-state index contributed by atoms with van der Waals surface area (Å²) in [5, 5.41) is 12.3. The zero-order chi connectivity index (χ0) is 26.3. The second-order valence-electron chi connectivity index (χ2n) is 9.22. The topological polar surface area (TPSA) is 130 Å². The molecule has 0 aromatic heterocycles. The molecule has 0 saturated carbocycles. The van der Waals surface area contributed by atoms with E-state index in [1.807, 2.05) is 62.4 Å². The number of aliphatic carboxylic acids is 1.